The summed E-state index contributed by atoms with van der Waals surface area (Å²) in [6.45, 7) is 6.71. The average molecular weight is 417 g/mol. The van der Waals surface area contributed by atoms with E-state index in [0.29, 0.717) is 12.4 Å². The molecule has 3 rings (SSSR count). The van der Waals surface area contributed by atoms with Gasteiger partial charge in [0.2, 0.25) is 0 Å². The van der Waals surface area contributed by atoms with E-state index in [4.69, 9.17) is 9.47 Å². The number of amides is 1. The molecule has 31 heavy (non-hydrogen) atoms. The van der Waals surface area contributed by atoms with Gasteiger partial charge in [-0.2, -0.15) is 5.10 Å². The maximum atomic E-state index is 12.1. The largest absolute Gasteiger partial charge is 0.489 e. The molecule has 0 aromatic heterocycles. The molecule has 3 aromatic carbocycles. The lowest BCUT2D eigenvalue weighted by Gasteiger charge is -2.22. The highest BCUT2D eigenvalue weighted by Crippen LogP contribution is 2.30. The van der Waals surface area contributed by atoms with E-state index in [1.54, 1.807) is 6.21 Å². The van der Waals surface area contributed by atoms with E-state index < -0.39 is 0 Å². The van der Waals surface area contributed by atoms with Gasteiger partial charge in [-0.15, -0.1) is 0 Å². The van der Waals surface area contributed by atoms with Crippen LogP contribution in [0.1, 0.15) is 37.5 Å². The highest BCUT2D eigenvalue weighted by molar-refractivity contribution is 5.83. The number of rotatable bonds is 8. The van der Waals surface area contributed by atoms with Crippen LogP contribution in [0.3, 0.4) is 0 Å². The van der Waals surface area contributed by atoms with Crippen LogP contribution in [0.5, 0.6) is 11.5 Å². The number of hydrogen-bond donors (Lipinski definition) is 1. The van der Waals surface area contributed by atoms with Gasteiger partial charge in [0, 0.05) is 0 Å². The first-order valence-corrected chi connectivity index (χ1v) is 10.2. The summed E-state index contributed by atoms with van der Waals surface area (Å²) < 4.78 is 11.5. The highest BCUT2D eigenvalue weighted by Gasteiger charge is 2.18. The summed E-state index contributed by atoms with van der Waals surface area (Å²) in [5.41, 5.74) is 5.41. The predicted octanol–water partition coefficient (Wildman–Crippen LogP) is 5.09. The molecule has 0 aliphatic rings. The molecule has 0 heterocycles. The summed E-state index contributed by atoms with van der Waals surface area (Å²) in [7, 11) is 0. The lowest BCUT2D eigenvalue weighted by molar-refractivity contribution is -0.123. The Bertz CT molecular complexity index is 1020. The van der Waals surface area contributed by atoms with Crippen molar-refractivity contribution in [1.82, 2.24) is 5.43 Å². The summed E-state index contributed by atoms with van der Waals surface area (Å²) in [4.78, 5) is 12.1. The van der Waals surface area contributed by atoms with Gasteiger partial charge in [-0.25, -0.2) is 5.43 Å². The zero-order valence-electron chi connectivity index (χ0n) is 18.2. The summed E-state index contributed by atoms with van der Waals surface area (Å²) in [5, 5.41) is 4.02. The van der Waals surface area contributed by atoms with Crippen LogP contribution in [0, 0.1) is 0 Å². The molecule has 0 bridgehead atoms. The van der Waals surface area contributed by atoms with Crippen molar-refractivity contribution >= 4 is 12.1 Å². The van der Waals surface area contributed by atoms with Crippen LogP contribution >= 0.6 is 0 Å². The van der Waals surface area contributed by atoms with E-state index in [0.717, 1.165) is 22.4 Å². The van der Waals surface area contributed by atoms with Gasteiger partial charge in [0.25, 0.3) is 5.91 Å². The Balaban J connectivity index is 1.50. The monoisotopic (exact) mass is 416 g/mol. The van der Waals surface area contributed by atoms with Gasteiger partial charge >= 0.3 is 0 Å². The van der Waals surface area contributed by atoms with Crippen LogP contribution in [0.15, 0.2) is 84.0 Å². The second-order valence-electron chi connectivity index (χ2n) is 8.17. The number of benzene rings is 3. The lowest BCUT2D eigenvalue weighted by Crippen LogP contribution is -2.25. The minimum atomic E-state index is -0.323. The summed E-state index contributed by atoms with van der Waals surface area (Å²) >= 11 is 0. The lowest BCUT2D eigenvalue weighted by atomic mass is 9.86. The predicted molar refractivity (Wildman–Crippen MR) is 124 cm³/mol. The van der Waals surface area contributed by atoms with Crippen LogP contribution in [0.2, 0.25) is 0 Å². The van der Waals surface area contributed by atoms with Gasteiger partial charge in [0.05, 0.1) is 6.21 Å². The molecule has 5 heteroatoms. The summed E-state index contributed by atoms with van der Waals surface area (Å²) in [5.74, 6) is 1.12. The Morgan fingerprint density at radius 3 is 2.45 bits per heavy atom. The minimum Gasteiger partial charge on any atom is -0.489 e. The first kappa shape index (κ1) is 22.1. The summed E-state index contributed by atoms with van der Waals surface area (Å²) in [6.07, 6.45) is 1.58. The van der Waals surface area contributed by atoms with Crippen molar-refractivity contribution < 1.29 is 14.3 Å². The number of para-hydroxylation sites is 1. The first-order valence-electron chi connectivity index (χ1n) is 10.2. The van der Waals surface area contributed by atoms with Crippen molar-refractivity contribution in [3.8, 4) is 11.5 Å². The summed E-state index contributed by atoms with van der Waals surface area (Å²) in [6, 6.07) is 25.3. The molecule has 0 spiro atoms. The SMILES string of the molecule is CC(C)(C)c1ccccc1OCC(=O)N/N=C\c1cccc(OCc2ccccc2)c1. The molecule has 0 aliphatic carbocycles. The second kappa shape index (κ2) is 10.4. The third-order valence-electron chi connectivity index (χ3n) is 4.56. The van der Waals surface area contributed by atoms with Crippen molar-refractivity contribution in [2.45, 2.75) is 32.8 Å². The fourth-order valence-corrected chi connectivity index (χ4v) is 2.99. The van der Waals surface area contributed by atoms with E-state index in [2.05, 4.69) is 31.3 Å². The molecule has 0 fully saturated rings. The number of hydrogen-bond acceptors (Lipinski definition) is 4. The van der Waals surface area contributed by atoms with Crippen LogP contribution in [0.25, 0.3) is 0 Å². The van der Waals surface area contributed by atoms with Gasteiger partial charge in [0.15, 0.2) is 6.61 Å². The molecular formula is C26H28N2O3. The van der Waals surface area contributed by atoms with E-state index in [-0.39, 0.29) is 17.9 Å². The number of ether oxygens (including phenoxy) is 2. The Morgan fingerprint density at radius 2 is 1.68 bits per heavy atom. The number of nitrogens with zero attached hydrogens (tertiary/aromatic N) is 1. The van der Waals surface area contributed by atoms with Crippen molar-refractivity contribution in [3.05, 3.63) is 95.6 Å². The number of carbonyl (C=O) groups is 1. The second-order valence-corrected chi connectivity index (χ2v) is 8.17. The van der Waals surface area contributed by atoms with Gasteiger partial charge in [0.1, 0.15) is 18.1 Å². The maximum Gasteiger partial charge on any atom is 0.277 e. The quantitative estimate of drug-likeness (QED) is 0.411. The molecule has 0 atom stereocenters. The molecule has 0 aliphatic heterocycles. The van der Waals surface area contributed by atoms with Crippen LogP contribution in [-0.4, -0.2) is 18.7 Å². The topological polar surface area (TPSA) is 59.9 Å². The fraction of sp³-hybridized carbons (Fsp3) is 0.231. The molecule has 0 unspecified atom stereocenters. The molecule has 1 amide bonds. The third kappa shape index (κ3) is 7.00. The van der Waals surface area contributed by atoms with Crippen LogP contribution in [0.4, 0.5) is 0 Å². The molecular weight excluding hydrogens is 388 g/mol. The zero-order chi connectivity index (χ0) is 22.1. The molecule has 160 valence electrons. The standard InChI is InChI=1S/C26H28N2O3/c1-26(2,3)23-14-7-8-15-24(23)31-19-25(29)28-27-17-21-12-9-13-22(16-21)30-18-20-10-5-4-6-11-20/h4-17H,18-19H2,1-3H3,(H,28,29)/b27-17-. The Hall–Kier alpha value is -3.60. The normalized spacial score (nSPS) is 11.3. The zero-order valence-corrected chi connectivity index (χ0v) is 18.2. The average Bonchev–Trinajstić information content (AvgIpc) is 2.77. The van der Waals surface area contributed by atoms with E-state index >= 15 is 0 Å². The Kier molecular flexibility index (Phi) is 7.44. The van der Waals surface area contributed by atoms with E-state index in [9.17, 15) is 4.79 Å². The van der Waals surface area contributed by atoms with Gasteiger partial charge in [-0.05, 0) is 40.3 Å². The molecule has 1 N–H and O–H groups in total. The molecule has 5 nitrogen and oxygen atoms in total. The van der Waals surface area contributed by atoms with Crippen LogP contribution < -0.4 is 14.9 Å². The maximum absolute atomic E-state index is 12.1. The fourth-order valence-electron chi connectivity index (χ4n) is 2.99. The molecule has 3 aromatic rings. The number of carbonyl (C=O) groups excluding carboxylic acids is 1. The smallest absolute Gasteiger partial charge is 0.277 e. The van der Waals surface area contributed by atoms with Gasteiger partial charge < -0.3 is 9.47 Å². The van der Waals surface area contributed by atoms with Crippen molar-refractivity contribution in [2.75, 3.05) is 6.61 Å². The van der Waals surface area contributed by atoms with E-state index in [1.165, 1.54) is 0 Å². The first-order chi connectivity index (χ1) is 14.9. The Labute approximate surface area is 183 Å². The highest BCUT2D eigenvalue weighted by atomic mass is 16.5. The van der Waals surface area contributed by atoms with Gasteiger partial charge in [-0.1, -0.05) is 81.4 Å². The van der Waals surface area contributed by atoms with Gasteiger partial charge in [-0.3, -0.25) is 4.79 Å². The molecule has 0 radical (unpaired) electrons. The van der Waals surface area contributed by atoms with Crippen LogP contribution in [-0.2, 0) is 16.8 Å². The molecule has 0 saturated carbocycles. The number of hydrazone groups is 1. The third-order valence-corrected chi connectivity index (χ3v) is 4.56. The number of nitrogens with one attached hydrogen (secondary N) is 1. The minimum absolute atomic E-state index is 0.0706. The van der Waals surface area contributed by atoms with Crippen molar-refractivity contribution in [1.29, 1.82) is 0 Å². The molecule has 0 saturated heterocycles. The Morgan fingerprint density at radius 1 is 0.935 bits per heavy atom. The van der Waals surface area contributed by atoms with Crippen molar-refractivity contribution in [3.63, 3.8) is 0 Å². The van der Waals surface area contributed by atoms with E-state index in [1.807, 2.05) is 78.9 Å². The van der Waals surface area contributed by atoms with Crippen molar-refractivity contribution in [2.24, 2.45) is 5.10 Å².